The number of anilines is 1. The predicted molar refractivity (Wildman–Crippen MR) is 42.5 cm³/mol. The van der Waals surface area contributed by atoms with Gasteiger partial charge < -0.3 is 5.32 Å². The summed E-state index contributed by atoms with van der Waals surface area (Å²) in [6.07, 6.45) is 0. The fraction of sp³-hybridized carbons (Fsp3) is 0.500. The fourth-order valence-corrected chi connectivity index (χ4v) is 1.18. The maximum Gasteiger partial charge on any atom is 0.150 e. The summed E-state index contributed by atoms with van der Waals surface area (Å²) in [6, 6.07) is 0. The first-order valence-corrected chi connectivity index (χ1v) is 3.41. The van der Waals surface area contributed by atoms with Crippen molar-refractivity contribution in [1.82, 2.24) is 9.78 Å². The standard InChI is InChI=1S/C6H10ClN3/c1-4-5(8-2)6(7)10(3)9-4/h8H,1-3H3. The highest BCUT2D eigenvalue weighted by atomic mass is 35.5. The Kier molecular flexibility index (Phi) is 1.85. The van der Waals surface area contributed by atoms with Crippen molar-refractivity contribution in [1.29, 1.82) is 0 Å². The number of nitrogens with one attached hydrogen (secondary N) is 1. The quantitative estimate of drug-likeness (QED) is 0.672. The Hall–Kier alpha value is -0.700. The normalized spacial score (nSPS) is 10.0. The maximum absolute atomic E-state index is 5.85. The average Bonchev–Trinajstić information content (AvgIpc) is 2.09. The zero-order chi connectivity index (χ0) is 7.72. The van der Waals surface area contributed by atoms with Crippen LogP contribution in [-0.2, 0) is 7.05 Å². The van der Waals surface area contributed by atoms with E-state index in [9.17, 15) is 0 Å². The topological polar surface area (TPSA) is 29.9 Å². The molecule has 0 amide bonds. The van der Waals surface area contributed by atoms with Crippen molar-refractivity contribution in [2.75, 3.05) is 12.4 Å². The van der Waals surface area contributed by atoms with Crippen LogP contribution in [0.1, 0.15) is 5.69 Å². The summed E-state index contributed by atoms with van der Waals surface area (Å²) in [5, 5.41) is 7.73. The zero-order valence-electron chi connectivity index (χ0n) is 6.27. The molecule has 1 aromatic rings. The minimum atomic E-state index is 0.653. The van der Waals surface area contributed by atoms with Gasteiger partial charge in [0.25, 0.3) is 0 Å². The molecule has 1 heterocycles. The van der Waals surface area contributed by atoms with Crippen LogP contribution in [-0.4, -0.2) is 16.8 Å². The number of aryl methyl sites for hydroxylation is 2. The first kappa shape index (κ1) is 7.41. The van der Waals surface area contributed by atoms with Gasteiger partial charge in [-0.1, -0.05) is 11.6 Å². The lowest BCUT2D eigenvalue weighted by Crippen LogP contribution is -1.90. The summed E-state index contributed by atoms with van der Waals surface area (Å²) in [6.45, 7) is 1.91. The van der Waals surface area contributed by atoms with Crippen LogP contribution >= 0.6 is 11.6 Å². The van der Waals surface area contributed by atoms with Crippen LogP contribution in [0.25, 0.3) is 0 Å². The van der Waals surface area contributed by atoms with E-state index in [1.807, 2.05) is 21.0 Å². The van der Waals surface area contributed by atoms with E-state index in [-0.39, 0.29) is 0 Å². The summed E-state index contributed by atoms with van der Waals surface area (Å²) in [5.74, 6) is 0. The molecular formula is C6H10ClN3. The lowest BCUT2D eigenvalue weighted by atomic mass is 10.4. The number of rotatable bonds is 1. The molecule has 1 rings (SSSR count). The van der Waals surface area contributed by atoms with Crippen molar-refractivity contribution < 1.29 is 0 Å². The van der Waals surface area contributed by atoms with Gasteiger partial charge in [0, 0.05) is 14.1 Å². The minimum Gasteiger partial charge on any atom is -0.384 e. The average molecular weight is 160 g/mol. The fourth-order valence-electron chi connectivity index (χ4n) is 0.914. The Labute approximate surface area is 65.0 Å². The SMILES string of the molecule is CNc1c(C)nn(C)c1Cl. The van der Waals surface area contributed by atoms with E-state index < -0.39 is 0 Å². The zero-order valence-corrected chi connectivity index (χ0v) is 7.03. The second kappa shape index (κ2) is 2.50. The van der Waals surface area contributed by atoms with Gasteiger partial charge >= 0.3 is 0 Å². The monoisotopic (exact) mass is 159 g/mol. The molecule has 3 nitrogen and oxygen atoms in total. The molecule has 0 saturated carbocycles. The predicted octanol–water partition coefficient (Wildman–Crippen LogP) is 1.42. The van der Waals surface area contributed by atoms with Crippen molar-refractivity contribution in [2.45, 2.75) is 6.92 Å². The molecule has 56 valence electrons. The second-order valence-electron chi connectivity index (χ2n) is 2.12. The van der Waals surface area contributed by atoms with E-state index >= 15 is 0 Å². The van der Waals surface area contributed by atoms with Crippen molar-refractivity contribution in [3.05, 3.63) is 10.8 Å². The third-order valence-corrected chi connectivity index (χ3v) is 1.84. The third kappa shape index (κ3) is 0.968. The van der Waals surface area contributed by atoms with Crippen LogP contribution in [0.5, 0.6) is 0 Å². The molecule has 0 aromatic carbocycles. The van der Waals surface area contributed by atoms with Crippen molar-refractivity contribution in [2.24, 2.45) is 7.05 Å². The van der Waals surface area contributed by atoms with Gasteiger partial charge in [-0.15, -0.1) is 0 Å². The Bertz CT molecular complexity index is 241. The largest absolute Gasteiger partial charge is 0.384 e. The van der Waals surface area contributed by atoms with E-state index in [2.05, 4.69) is 10.4 Å². The Morgan fingerprint density at radius 2 is 2.20 bits per heavy atom. The van der Waals surface area contributed by atoms with Gasteiger partial charge in [-0.3, -0.25) is 4.68 Å². The first-order valence-electron chi connectivity index (χ1n) is 3.03. The molecule has 0 aliphatic heterocycles. The van der Waals surface area contributed by atoms with E-state index in [1.165, 1.54) is 0 Å². The summed E-state index contributed by atoms with van der Waals surface area (Å²) in [4.78, 5) is 0. The highest BCUT2D eigenvalue weighted by molar-refractivity contribution is 6.32. The lowest BCUT2D eigenvalue weighted by molar-refractivity contribution is 0.757. The van der Waals surface area contributed by atoms with Crippen LogP contribution in [0.3, 0.4) is 0 Å². The highest BCUT2D eigenvalue weighted by Crippen LogP contribution is 2.23. The van der Waals surface area contributed by atoms with Gasteiger partial charge in [0.05, 0.1) is 11.4 Å². The third-order valence-electron chi connectivity index (χ3n) is 1.40. The molecule has 10 heavy (non-hydrogen) atoms. The van der Waals surface area contributed by atoms with Gasteiger partial charge in [0.1, 0.15) is 5.15 Å². The maximum atomic E-state index is 5.85. The Balaban J connectivity index is 3.20. The molecule has 0 saturated heterocycles. The Morgan fingerprint density at radius 3 is 2.40 bits per heavy atom. The van der Waals surface area contributed by atoms with Gasteiger partial charge in [-0.25, -0.2) is 0 Å². The van der Waals surface area contributed by atoms with Crippen LogP contribution in [0, 0.1) is 6.92 Å². The molecule has 0 atom stereocenters. The van der Waals surface area contributed by atoms with E-state index in [0.717, 1.165) is 11.4 Å². The molecular weight excluding hydrogens is 150 g/mol. The molecule has 0 spiro atoms. The van der Waals surface area contributed by atoms with Crippen molar-refractivity contribution in [3.8, 4) is 0 Å². The number of aromatic nitrogens is 2. The van der Waals surface area contributed by atoms with E-state index in [1.54, 1.807) is 4.68 Å². The molecule has 0 unspecified atom stereocenters. The molecule has 1 aromatic heterocycles. The number of halogens is 1. The number of nitrogens with zero attached hydrogens (tertiary/aromatic N) is 2. The minimum absolute atomic E-state index is 0.653. The van der Waals surface area contributed by atoms with Gasteiger partial charge in [0.15, 0.2) is 0 Å². The van der Waals surface area contributed by atoms with Crippen LogP contribution < -0.4 is 5.32 Å². The number of hydrogen-bond donors (Lipinski definition) is 1. The Morgan fingerprint density at radius 1 is 1.60 bits per heavy atom. The molecule has 0 bridgehead atoms. The van der Waals surface area contributed by atoms with Gasteiger partial charge in [-0.05, 0) is 6.92 Å². The van der Waals surface area contributed by atoms with Crippen LogP contribution in [0.4, 0.5) is 5.69 Å². The van der Waals surface area contributed by atoms with Crippen LogP contribution in [0.15, 0.2) is 0 Å². The highest BCUT2D eigenvalue weighted by Gasteiger charge is 2.07. The van der Waals surface area contributed by atoms with Crippen LogP contribution in [0.2, 0.25) is 5.15 Å². The molecule has 0 aliphatic rings. The summed E-state index contributed by atoms with van der Waals surface area (Å²) < 4.78 is 1.64. The van der Waals surface area contributed by atoms with Crippen molar-refractivity contribution in [3.63, 3.8) is 0 Å². The van der Waals surface area contributed by atoms with Crippen molar-refractivity contribution >= 4 is 17.3 Å². The smallest absolute Gasteiger partial charge is 0.150 e. The van der Waals surface area contributed by atoms with E-state index in [0.29, 0.717) is 5.15 Å². The van der Waals surface area contributed by atoms with Gasteiger partial charge in [0.2, 0.25) is 0 Å². The molecule has 4 heteroatoms. The second-order valence-corrected chi connectivity index (χ2v) is 2.48. The lowest BCUT2D eigenvalue weighted by Gasteiger charge is -1.95. The molecule has 0 fully saturated rings. The summed E-state index contributed by atoms with van der Waals surface area (Å²) >= 11 is 5.85. The molecule has 0 aliphatic carbocycles. The summed E-state index contributed by atoms with van der Waals surface area (Å²) in [5.41, 5.74) is 1.83. The molecule has 1 N–H and O–H groups in total. The summed E-state index contributed by atoms with van der Waals surface area (Å²) in [7, 11) is 3.64. The first-order chi connectivity index (χ1) is 4.66. The molecule has 0 radical (unpaired) electrons. The van der Waals surface area contributed by atoms with Gasteiger partial charge in [-0.2, -0.15) is 5.10 Å². The van der Waals surface area contributed by atoms with E-state index in [4.69, 9.17) is 11.6 Å². The number of hydrogen-bond acceptors (Lipinski definition) is 2.